The summed E-state index contributed by atoms with van der Waals surface area (Å²) in [4.78, 5) is 0. The summed E-state index contributed by atoms with van der Waals surface area (Å²) < 4.78 is 19.8. The normalized spacial score (nSPS) is 22.5. The fourth-order valence-corrected chi connectivity index (χ4v) is 2.57. The first-order valence-corrected chi connectivity index (χ1v) is 7.81. The Kier molecular flexibility index (Phi) is 4.52. The van der Waals surface area contributed by atoms with E-state index in [1.165, 1.54) is 0 Å². The number of aromatic nitrogens is 2. The van der Waals surface area contributed by atoms with Gasteiger partial charge in [-0.2, -0.15) is 5.10 Å². The SMILES string of the molecule is CC.Cc1nn2c(c1B1OC(C)(C)C(C)(C)O1)COCC2. The fraction of sp³-hybridized carbons (Fsp3) is 0.800. The minimum absolute atomic E-state index is 0.325. The van der Waals surface area contributed by atoms with E-state index in [0.717, 1.165) is 30.0 Å². The van der Waals surface area contributed by atoms with Gasteiger partial charge < -0.3 is 14.0 Å². The molecule has 21 heavy (non-hydrogen) atoms. The molecule has 1 saturated heterocycles. The van der Waals surface area contributed by atoms with E-state index in [-0.39, 0.29) is 18.3 Å². The molecule has 0 atom stereocenters. The third kappa shape index (κ3) is 2.76. The molecule has 0 saturated carbocycles. The Labute approximate surface area is 128 Å². The topological polar surface area (TPSA) is 45.5 Å². The van der Waals surface area contributed by atoms with Crippen LogP contribution in [0.15, 0.2) is 0 Å². The zero-order valence-electron chi connectivity index (χ0n) is 14.3. The van der Waals surface area contributed by atoms with Gasteiger partial charge in [-0.3, -0.25) is 4.68 Å². The number of nitrogens with zero attached hydrogens (tertiary/aromatic N) is 2. The van der Waals surface area contributed by atoms with E-state index in [4.69, 9.17) is 14.0 Å². The van der Waals surface area contributed by atoms with Crippen molar-refractivity contribution in [1.29, 1.82) is 0 Å². The Morgan fingerprint density at radius 2 is 1.67 bits per heavy atom. The number of aryl methyl sites for hydroxylation is 1. The van der Waals surface area contributed by atoms with Crippen molar-refractivity contribution in [2.75, 3.05) is 6.61 Å². The first-order valence-electron chi connectivity index (χ1n) is 7.81. The molecule has 0 amide bonds. The van der Waals surface area contributed by atoms with Crippen molar-refractivity contribution in [3.63, 3.8) is 0 Å². The summed E-state index contributed by atoms with van der Waals surface area (Å²) in [5.74, 6) is 0. The van der Waals surface area contributed by atoms with Gasteiger partial charge in [0.05, 0.1) is 42.3 Å². The van der Waals surface area contributed by atoms with E-state index in [2.05, 4.69) is 32.8 Å². The Morgan fingerprint density at radius 1 is 1.10 bits per heavy atom. The van der Waals surface area contributed by atoms with E-state index in [1.54, 1.807) is 0 Å². The molecule has 3 heterocycles. The molecule has 1 aromatic heterocycles. The summed E-state index contributed by atoms with van der Waals surface area (Å²) in [6.45, 7) is 16.4. The van der Waals surface area contributed by atoms with Crippen LogP contribution in [0.4, 0.5) is 0 Å². The number of hydrogen-bond acceptors (Lipinski definition) is 4. The highest BCUT2D eigenvalue weighted by molar-refractivity contribution is 6.63. The average molecular weight is 294 g/mol. The number of ether oxygens (including phenoxy) is 1. The molecule has 5 nitrogen and oxygen atoms in total. The number of rotatable bonds is 1. The predicted octanol–water partition coefficient (Wildman–Crippen LogP) is 2.05. The number of hydrogen-bond donors (Lipinski definition) is 0. The lowest BCUT2D eigenvalue weighted by Crippen LogP contribution is -2.41. The zero-order valence-corrected chi connectivity index (χ0v) is 14.3. The van der Waals surface area contributed by atoms with Crippen LogP contribution in [0.2, 0.25) is 0 Å². The average Bonchev–Trinajstić information content (AvgIpc) is 2.85. The van der Waals surface area contributed by atoms with Crippen molar-refractivity contribution in [3.8, 4) is 0 Å². The molecule has 3 rings (SSSR count). The van der Waals surface area contributed by atoms with Crippen molar-refractivity contribution < 1.29 is 14.0 Å². The third-order valence-electron chi connectivity index (χ3n) is 4.46. The molecule has 0 aromatic carbocycles. The van der Waals surface area contributed by atoms with Gasteiger partial charge in [-0.15, -0.1) is 0 Å². The summed E-state index contributed by atoms with van der Waals surface area (Å²) in [5, 5.41) is 4.57. The lowest BCUT2D eigenvalue weighted by Gasteiger charge is -2.32. The van der Waals surface area contributed by atoms with Crippen LogP contribution in [0.1, 0.15) is 52.9 Å². The van der Waals surface area contributed by atoms with E-state index >= 15 is 0 Å². The van der Waals surface area contributed by atoms with Gasteiger partial charge in [-0.05, 0) is 34.6 Å². The Hall–Kier alpha value is -0.845. The molecule has 2 aliphatic heterocycles. The molecule has 1 aromatic rings. The molecular formula is C15H27BN2O3. The highest BCUT2D eigenvalue weighted by Gasteiger charge is 2.53. The van der Waals surface area contributed by atoms with E-state index in [1.807, 2.05) is 25.5 Å². The second-order valence-electron chi connectivity index (χ2n) is 6.31. The lowest BCUT2D eigenvalue weighted by molar-refractivity contribution is 0.00578. The Morgan fingerprint density at radius 3 is 2.24 bits per heavy atom. The monoisotopic (exact) mass is 294 g/mol. The molecule has 0 N–H and O–H groups in total. The van der Waals surface area contributed by atoms with Crippen LogP contribution in [0.3, 0.4) is 0 Å². The van der Waals surface area contributed by atoms with Crippen LogP contribution < -0.4 is 5.46 Å². The third-order valence-corrected chi connectivity index (χ3v) is 4.46. The first-order chi connectivity index (χ1) is 9.82. The molecule has 2 aliphatic rings. The van der Waals surface area contributed by atoms with Crippen molar-refractivity contribution in [1.82, 2.24) is 9.78 Å². The van der Waals surface area contributed by atoms with Crippen LogP contribution in [-0.4, -0.2) is 34.7 Å². The van der Waals surface area contributed by atoms with Gasteiger partial charge in [-0.1, -0.05) is 13.8 Å². The highest BCUT2D eigenvalue weighted by Crippen LogP contribution is 2.37. The predicted molar refractivity (Wildman–Crippen MR) is 83.7 cm³/mol. The van der Waals surface area contributed by atoms with Crippen LogP contribution in [0.5, 0.6) is 0 Å². The maximum absolute atomic E-state index is 6.12. The van der Waals surface area contributed by atoms with Gasteiger partial charge in [0.2, 0.25) is 0 Å². The van der Waals surface area contributed by atoms with E-state index < -0.39 is 0 Å². The molecule has 0 spiro atoms. The summed E-state index contributed by atoms with van der Waals surface area (Å²) in [7, 11) is -0.351. The Balaban J connectivity index is 0.000000774. The van der Waals surface area contributed by atoms with E-state index in [0.29, 0.717) is 6.61 Å². The fourth-order valence-electron chi connectivity index (χ4n) is 2.57. The van der Waals surface area contributed by atoms with Crippen LogP contribution in [0.25, 0.3) is 0 Å². The maximum Gasteiger partial charge on any atom is 0.498 e. The molecule has 0 aliphatic carbocycles. The van der Waals surface area contributed by atoms with Gasteiger partial charge in [0.25, 0.3) is 0 Å². The number of fused-ring (bicyclic) bond motifs is 1. The second-order valence-corrected chi connectivity index (χ2v) is 6.31. The van der Waals surface area contributed by atoms with Crippen LogP contribution in [-0.2, 0) is 27.2 Å². The molecule has 118 valence electrons. The minimum Gasteiger partial charge on any atom is -0.399 e. The van der Waals surface area contributed by atoms with Crippen molar-refractivity contribution in [3.05, 3.63) is 11.4 Å². The molecule has 0 unspecified atom stereocenters. The van der Waals surface area contributed by atoms with Gasteiger partial charge in [-0.25, -0.2) is 0 Å². The van der Waals surface area contributed by atoms with Crippen molar-refractivity contribution in [2.45, 2.75) is 72.8 Å². The van der Waals surface area contributed by atoms with Gasteiger partial charge in [0, 0.05) is 5.46 Å². The van der Waals surface area contributed by atoms with Crippen molar-refractivity contribution in [2.24, 2.45) is 0 Å². The smallest absolute Gasteiger partial charge is 0.399 e. The molecule has 1 fully saturated rings. The summed E-state index contributed by atoms with van der Waals surface area (Å²) >= 11 is 0. The minimum atomic E-state index is -0.351. The highest BCUT2D eigenvalue weighted by atomic mass is 16.7. The lowest BCUT2D eigenvalue weighted by atomic mass is 9.77. The van der Waals surface area contributed by atoms with Crippen LogP contribution >= 0.6 is 0 Å². The largest absolute Gasteiger partial charge is 0.498 e. The molecule has 0 radical (unpaired) electrons. The van der Waals surface area contributed by atoms with Crippen LogP contribution in [0, 0.1) is 6.92 Å². The van der Waals surface area contributed by atoms with Gasteiger partial charge in [0.15, 0.2) is 0 Å². The summed E-state index contributed by atoms with van der Waals surface area (Å²) in [6.07, 6.45) is 0. The molecular weight excluding hydrogens is 267 g/mol. The molecule has 0 bridgehead atoms. The second kappa shape index (κ2) is 5.74. The first kappa shape index (κ1) is 16.5. The van der Waals surface area contributed by atoms with Gasteiger partial charge in [0.1, 0.15) is 0 Å². The molecule has 6 heteroatoms. The van der Waals surface area contributed by atoms with Gasteiger partial charge >= 0.3 is 7.12 Å². The maximum atomic E-state index is 6.12. The summed E-state index contributed by atoms with van der Waals surface area (Å²) in [5.41, 5.74) is 2.45. The van der Waals surface area contributed by atoms with Crippen molar-refractivity contribution >= 4 is 12.6 Å². The zero-order chi connectivity index (χ0) is 15.8. The Bertz CT molecular complexity index is 495. The summed E-state index contributed by atoms with van der Waals surface area (Å²) in [6, 6.07) is 0. The van der Waals surface area contributed by atoms with E-state index in [9.17, 15) is 0 Å². The quantitative estimate of drug-likeness (QED) is 0.744. The standard InChI is InChI=1S/C13H21BN2O3.C2H6/c1-9-11(10-8-17-7-6-16(10)15-9)14-18-12(2,3)13(4,5)19-14;1-2/h6-8H2,1-5H3;1-2H3.